The van der Waals surface area contributed by atoms with Gasteiger partial charge in [-0.3, -0.25) is 0 Å². The van der Waals surface area contributed by atoms with E-state index in [0.29, 0.717) is 17.8 Å². The third-order valence-corrected chi connectivity index (χ3v) is 3.61. The highest BCUT2D eigenvalue weighted by molar-refractivity contribution is 5.26. The van der Waals surface area contributed by atoms with Gasteiger partial charge < -0.3 is 5.11 Å². The molecular weight excluding hydrogens is 172 g/mol. The highest BCUT2D eigenvalue weighted by Crippen LogP contribution is 2.54. The number of aliphatic hydroxyl groups excluding tert-OH is 1. The smallest absolute Gasteiger partial charge is 0.0602 e. The van der Waals surface area contributed by atoms with E-state index >= 15 is 0 Å². The van der Waals surface area contributed by atoms with Crippen molar-refractivity contribution >= 4 is 0 Å². The maximum atomic E-state index is 9.96. The van der Waals surface area contributed by atoms with Gasteiger partial charge in [-0.2, -0.15) is 0 Å². The van der Waals surface area contributed by atoms with Crippen LogP contribution in [0.4, 0.5) is 0 Å². The lowest BCUT2D eigenvalue weighted by Gasteiger charge is -2.07. The average molecular weight is 188 g/mol. The fourth-order valence-corrected chi connectivity index (χ4v) is 2.46. The van der Waals surface area contributed by atoms with Crippen LogP contribution in [0.5, 0.6) is 0 Å². The minimum absolute atomic E-state index is 0.0137. The summed E-state index contributed by atoms with van der Waals surface area (Å²) >= 11 is 0. The summed E-state index contributed by atoms with van der Waals surface area (Å²) in [4.78, 5) is 0. The third kappa shape index (κ3) is 1.46. The van der Waals surface area contributed by atoms with Crippen LogP contribution in [0, 0.1) is 11.8 Å². The van der Waals surface area contributed by atoms with Gasteiger partial charge in [-0.1, -0.05) is 30.3 Å². The molecule has 0 aromatic heterocycles. The molecule has 1 nitrogen and oxygen atoms in total. The van der Waals surface area contributed by atoms with Crippen molar-refractivity contribution in [1.82, 2.24) is 0 Å². The molecule has 1 aromatic carbocycles. The highest BCUT2D eigenvalue weighted by Gasteiger charge is 2.48. The zero-order chi connectivity index (χ0) is 9.54. The minimum Gasteiger partial charge on any atom is -0.393 e. The molecule has 0 amide bonds. The molecule has 14 heavy (non-hydrogen) atoms. The third-order valence-electron chi connectivity index (χ3n) is 3.61. The van der Waals surface area contributed by atoms with Gasteiger partial charge in [0, 0.05) is 0 Å². The van der Waals surface area contributed by atoms with Crippen molar-refractivity contribution in [3.05, 3.63) is 35.9 Å². The van der Waals surface area contributed by atoms with E-state index in [0.717, 1.165) is 0 Å². The standard InChI is InChI=1S/C13H16O/c14-13(10-6-7-10)12-8-11(12)9-4-2-1-3-5-9/h1-5,10-14H,6-8H2. The van der Waals surface area contributed by atoms with Crippen LogP contribution in [0.2, 0.25) is 0 Å². The van der Waals surface area contributed by atoms with Crippen molar-refractivity contribution in [1.29, 1.82) is 0 Å². The highest BCUT2D eigenvalue weighted by atomic mass is 16.3. The lowest BCUT2D eigenvalue weighted by atomic mass is 10.0. The Bertz CT molecular complexity index is 315. The Morgan fingerprint density at radius 3 is 2.50 bits per heavy atom. The molecule has 3 atom stereocenters. The summed E-state index contributed by atoms with van der Waals surface area (Å²) in [5.41, 5.74) is 1.41. The lowest BCUT2D eigenvalue weighted by Crippen LogP contribution is -2.12. The first kappa shape index (κ1) is 8.49. The molecule has 0 saturated heterocycles. The summed E-state index contributed by atoms with van der Waals surface area (Å²) in [7, 11) is 0. The van der Waals surface area contributed by atoms with Crippen LogP contribution in [0.3, 0.4) is 0 Å². The Balaban J connectivity index is 1.67. The number of aliphatic hydroxyl groups is 1. The molecule has 1 N–H and O–H groups in total. The molecular formula is C13H16O. The predicted octanol–water partition coefficient (Wildman–Crippen LogP) is 2.56. The zero-order valence-electron chi connectivity index (χ0n) is 8.26. The molecule has 0 bridgehead atoms. The van der Waals surface area contributed by atoms with Crippen LogP contribution in [0.15, 0.2) is 30.3 Å². The molecule has 2 aliphatic carbocycles. The van der Waals surface area contributed by atoms with Crippen LogP contribution in [-0.2, 0) is 0 Å². The lowest BCUT2D eigenvalue weighted by molar-refractivity contribution is 0.126. The number of hydrogen-bond donors (Lipinski definition) is 1. The summed E-state index contributed by atoms with van der Waals surface area (Å²) in [5.74, 6) is 1.84. The van der Waals surface area contributed by atoms with Gasteiger partial charge in [-0.05, 0) is 42.6 Å². The maximum absolute atomic E-state index is 9.96. The van der Waals surface area contributed by atoms with Crippen molar-refractivity contribution in [2.75, 3.05) is 0 Å². The van der Waals surface area contributed by atoms with Crippen LogP contribution >= 0.6 is 0 Å². The second-order valence-electron chi connectivity index (χ2n) is 4.74. The first-order valence-corrected chi connectivity index (χ1v) is 5.59. The maximum Gasteiger partial charge on any atom is 0.0602 e. The van der Waals surface area contributed by atoms with E-state index < -0.39 is 0 Å². The largest absolute Gasteiger partial charge is 0.393 e. The van der Waals surface area contributed by atoms with E-state index in [1.165, 1.54) is 24.8 Å². The molecule has 3 unspecified atom stereocenters. The SMILES string of the molecule is OC(C1CC1)C1CC1c1ccccc1. The van der Waals surface area contributed by atoms with Gasteiger partial charge in [-0.25, -0.2) is 0 Å². The number of hydrogen-bond acceptors (Lipinski definition) is 1. The minimum atomic E-state index is -0.0137. The Hall–Kier alpha value is -0.820. The molecule has 1 aromatic rings. The molecule has 0 spiro atoms. The summed E-state index contributed by atoms with van der Waals surface area (Å²) < 4.78 is 0. The van der Waals surface area contributed by atoms with E-state index in [4.69, 9.17) is 0 Å². The molecule has 2 fully saturated rings. The second-order valence-corrected chi connectivity index (χ2v) is 4.74. The van der Waals surface area contributed by atoms with Crippen LogP contribution < -0.4 is 0 Å². The van der Waals surface area contributed by atoms with Crippen molar-refractivity contribution in [2.24, 2.45) is 11.8 Å². The fourth-order valence-electron chi connectivity index (χ4n) is 2.46. The summed E-state index contributed by atoms with van der Waals surface area (Å²) in [5, 5.41) is 9.96. The van der Waals surface area contributed by atoms with Gasteiger partial charge in [0.25, 0.3) is 0 Å². The molecule has 2 saturated carbocycles. The Kier molecular flexibility index (Phi) is 1.88. The molecule has 3 rings (SSSR count). The van der Waals surface area contributed by atoms with E-state index in [1.54, 1.807) is 0 Å². The molecule has 0 aliphatic heterocycles. The van der Waals surface area contributed by atoms with Crippen molar-refractivity contribution in [3.63, 3.8) is 0 Å². The van der Waals surface area contributed by atoms with Gasteiger partial charge in [0.05, 0.1) is 6.10 Å². The van der Waals surface area contributed by atoms with Crippen LogP contribution in [0.25, 0.3) is 0 Å². The zero-order valence-corrected chi connectivity index (χ0v) is 8.26. The Morgan fingerprint density at radius 1 is 1.14 bits per heavy atom. The molecule has 0 radical (unpaired) electrons. The summed E-state index contributed by atoms with van der Waals surface area (Å²) in [6.07, 6.45) is 3.68. The van der Waals surface area contributed by atoms with Crippen LogP contribution in [0.1, 0.15) is 30.7 Å². The van der Waals surface area contributed by atoms with Gasteiger partial charge in [0.15, 0.2) is 0 Å². The predicted molar refractivity (Wildman–Crippen MR) is 56.0 cm³/mol. The van der Waals surface area contributed by atoms with Crippen molar-refractivity contribution in [2.45, 2.75) is 31.3 Å². The van der Waals surface area contributed by atoms with E-state index in [9.17, 15) is 5.11 Å². The Morgan fingerprint density at radius 2 is 1.86 bits per heavy atom. The topological polar surface area (TPSA) is 20.2 Å². The quantitative estimate of drug-likeness (QED) is 0.773. The molecule has 74 valence electrons. The average Bonchev–Trinajstić information content (AvgIpc) is 3.11. The number of benzene rings is 1. The van der Waals surface area contributed by atoms with E-state index in [-0.39, 0.29) is 6.10 Å². The Labute approximate surface area is 84.8 Å². The van der Waals surface area contributed by atoms with Gasteiger partial charge in [-0.15, -0.1) is 0 Å². The summed E-state index contributed by atoms with van der Waals surface area (Å²) in [6.45, 7) is 0. The van der Waals surface area contributed by atoms with Crippen LogP contribution in [-0.4, -0.2) is 11.2 Å². The molecule has 0 heterocycles. The number of rotatable bonds is 3. The van der Waals surface area contributed by atoms with E-state index in [2.05, 4.69) is 30.3 Å². The summed E-state index contributed by atoms with van der Waals surface area (Å²) in [6, 6.07) is 10.6. The van der Waals surface area contributed by atoms with E-state index in [1.807, 2.05) is 0 Å². The first-order valence-electron chi connectivity index (χ1n) is 5.59. The van der Waals surface area contributed by atoms with Gasteiger partial charge >= 0.3 is 0 Å². The fraction of sp³-hybridized carbons (Fsp3) is 0.538. The van der Waals surface area contributed by atoms with Gasteiger partial charge in [0.1, 0.15) is 0 Å². The normalized spacial score (nSPS) is 32.6. The van der Waals surface area contributed by atoms with Crippen molar-refractivity contribution in [3.8, 4) is 0 Å². The van der Waals surface area contributed by atoms with Crippen molar-refractivity contribution < 1.29 is 5.11 Å². The molecule has 1 heteroatoms. The van der Waals surface area contributed by atoms with Gasteiger partial charge in [0.2, 0.25) is 0 Å². The first-order chi connectivity index (χ1) is 6.86. The monoisotopic (exact) mass is 188 g/mol. The molecule has 2 aliphatic rings. The second kappa shape index (κ2) is 3.09.